The Hall–Kier alpha value is -1.33. The first-order valence-corrected chi connectivity index (χ1v) is 10.4. The van der Waals surface area contributed by atoms with Gasteiger partial charge in [0.05, 0.1) is 5.56 Å². The summed E-state index contributed by atoms with van der Waals surface area (Å²) < 4.78 is 1.02. The minimum atomic E-state index is -0.170. The van der Waals surface area contributed by atoms with Crippen molar-refractivity contribution < 1.29 is 4.79 Å². The van der Waals surface area contributed by atoms with Gasteiger partial charge in [0.1, 0.15) is 11.2 Å². The maximum Gasteiger partial charge on any atom is 0.256 e. The summed E-state index contributed by atoms with van der Waals surface area (Å²) in [6.45, 7) is 6.97. The van der Waals surface area contributed by atoms with E-state index in [4.69, 9.17) is 0 Å². The highest BCUT2D eigenvalue weighted by Crippen LogP contribution is 2.46. The van der Waals surface area contributed by atoms with Crippen LogP contribution in [0.3, 0.4) is 0 Å². The summed E-state index contributed by atoms with van der Waals surface area (Å²) in [6.07, 6.45) is 3.10. The highest BCUT2D eigenvalue weighted by Gasteiger charge is 2.36. The minimum absolute atomic E-state index is 0.0606. The molecule has 2 N–H and O–H groups in total. The standard InChI is InChI=1S/C20H23BrN2OS/c1-20(2,3)12-7-8-14-15(10-12)25-19-16(14)18(24)22-17(23-19)11-5-4-6-13(21)9-11/h4-6,9,12,17,23H,7-8,10H2,1-3H3,(H,22,24)/t12-,17-/m1/s1. The summed E-state index contributed by atoms with van der Waals surface area (Å²) in [6, 6.07) is 8.08. The van der Waals surface area contributed by atoms with Gasteiger partial charge in [-0.25, -0.2) is 0 Å². The number of fused-ring (bicyclic) bond motifs is 3. The van der Waals surface area contributed by atoms with Crippen LogP contribution in [0.25, 0.3) is 0 Å². The van der Waals surface area contributed by atoms with E-state index >= 15 is 0 Å². The monoisotopic (exact) mass is 418 g/mol. The van der Waals surface area contributed by atoms with Crippen molar-refractivity contribution in [1.29, 1.82) is 0 Å². The van der Waals surface area contributed by atoms with Gasteiger partial charge in [0, 0.05) is 9.35 Å². The zero-order valence-corrected chi connectivity index (χ0v) is 17.2. The highest BCUT2D eigenvalue weighted by atomic mass is 79.9. The Balaban J connectivity index is 1.66. The Labute approximate surface area is 161 Å². The Morgan fingerprint density at radius 3 is 2.76 bits per heavy atom. The van der Waals surface area contributed by atoms with Crippen molar-refractivity contribution in [3.63, 3.8) is 0 Å². The van der Waals surface area contributed by atoms with Crippen molar-refractivity contribution in [2.75, 3.05) is 5.32 Å². The van der Waals surface area contributed by atoms with Gasteiger partial charge in [-0.15, -0.1) is 11.3 Å². The van der Waals surface area contributed by atoms with E-state index in [0.717, 1.165) is 33.4 Å². The second-order valence-electron chi connectivity index (χ2n) is 8.12. The highest BCUT2D eigenvalue weighted by molar-refractivity contribution is 9.10. The molecular formula is C20H23BrN2OS. The van der Waals surface area contributed by atoms with Crippen molar-refractivity contribution >= 4 is 38.2 Å². The molecule has 25 heavy (non-hydrogen) atoms. The lowest BCUT2D eigenvalue weighted by Crippen LogP contribution is -2.38. The summed E-state index contributed by atoms with van der Waals surface area (Å²) in [5.41, 5.74) is 3.54. The number of thiophene rings is 1. The van der Waals surface area contributed by atoms with Crippen LogP contribution in [-0.4, -0.2) is 5.91 Å². The number of halogens is 1. The molecule has 0 saturated carbocycles. The van der Waals surface area contributed by atoms with Crippen LogP contribution in [0.4, 0.5) is 5.00 Å². The number of anilines is 1. The average Bonchev–Trinajstić information content (AvgIpc) is 2.92. The van der Waals surface area contributed by atoms with Gasteiger partial charge in [-0.05, 0) is 53.9 Å². The van der Waals surface area contributed by atoms with Crippen LogP contribution < -0.4 is 10.6 Å². The summed E-state index contributed by atoms with van der Waals surface area (Å²) in [4.78, 5) is 14.2. The van der Waals surface area contributed by atoms with E-state index < -0.39 is 0 Å². The maximum atomic E-state index is 12.8. The van der Waals surface area contributed by atoms with Crippen molar-refractivity contribution in [2.45, 2.75) is 46.2 Å². The molecule has 2 aliphatic rings. The molecule has 5 heteroatoms. The van der Waals surface area contributed by atoms with Gasteiger partial charge in [0.15, 0.2) is 0 Å². The third-order valence-electron chi connectivity index (χ3n) is 5.45. The van der Waals surface area contributed by atoms with Gasteiger partial charge >= 0.3 is 0 Å². The predicted octanol–water partition coefficient (Wildman–Crippen LogP) is 5.52. The van der Waals surface area contributed by atoms with E-state index in [2.05, 4.69) is 47.3 Å². The quantitative estimate of drug-likeness (QED) is 0.640. The lowest BCUT2D eigenvalue weighted by Gasteiger charge is -2.34. The Kier molecular flexibility index (Phi) is 4.19. The normalized spacial score (nSPS) is 22.6. The fourth-order valence-corrected chi connectivity index (χ4v) is 5.66. The van der Waals surface area contributed by atoms with Crippen LogP contribution in [0.1, 0.15) is 59.7 Å². The summed E-state index contributed by atoms with van der Waals surface area (Å²) >= 11 is 5.29. The van der Waals surface area contributed by atoms with E-state index in [9.17, 15) is 4.79 Å². The number of hydrogen-bond acceptors (Lipinski definition) is 3. The molecule has 0 saturated heterocycles. The Morgan fingerprint density at radius 1 is 1.24 bits per heavy atom. The van der Waals surface area contributed by atoms with Crippen LogP contribution >= 0.6 is 27.3 Å². The predicted molar refractivity (Wildman–Crippen MR) is 107 cm³/mol. The van der Waals surface area contributed by atoms with Gasteiger partial charge in [0.2, 0.25) is 0 Å². The molecular weight excluding hydrogens is 396 g/mol. The van der Waals surface area contributed by atoms with Gasteiger partial charge in [-0.2, -0.15) is 0 Å². The minimum Gasteiger partial charge on any atom is -0.353 e. The van der Waals surface area contributed by atoms with Crippen LogP contribution in [0.15, 0.2) is 28.7 Å². The largest absolute Gasteiger partial charge is 0.353 e. The molecule has 4 rings (SSSR count). The van der Waals surface area contributed by atoms with Gasteiger partial charge < -0.3 is 10.6 Å². The van der Waals surface area contributed by atoms with Crippen molar-refractivity contribution in [3.8, 4) is 0 Å². The molecule has 0 fully saturated rings. The summed E-state index contributed by atoms with van der Waals surface area (Å²) in [7, 11) is 0. The molecule has 1 aliphatic carbocycles. The first kappa shape index (κ1) is 17.1. The lowest BCUT2D eigenvalue weighted by atomic mass is 9.72. The van der Waals surface area contributed by atoms with Crippen molar-refractivity contribution in [2.24, 2.45) is 11.3 Å². The first-order valence-electron chi connectivity index (χ1n) is 8.80. The molecule has 1 aliphatic heterocycles. The molecule has 1 amide bonds. The Morgan fingerprint density at radius 2 is 2.04 bits per heavy atom. The van der Waals surface area contributed by atoms with Gasteiger partial charge in [0.25, 0.3) is 5.91 Å². The van der Waals surface area contributed by atoms with Crippen LogP contribution in [0, 0.1) is 11.3 Å². The summed E-state index contributed by atoms with van der Waals surface area (Å²) in [5.74, 6) is 0.745. The molecule has 0 unspecified atom stereocenters. The van der Waals surface area contributed by atoms with Crippen molar-refractivity contribution in [3.05, 3.63) is 50.3 Å². The van der Waals surface area contributed by atoms with Gasteiger partial charge in [-0.1, -0.05) is 48.8 Å². The molecule has 2 aromatic rings. The molecule has 0 radical (unpaired) electrons. The smallest absolute Gasteiger partial charge is 0.256 e. The number of rotatable bonds is 1. The topological polar surface area (TPSA) is 41.1 Å². The van der Waals surface area contributed by atoms with E-state index in [1.807, 2.05) is 24.3 Å². The molecule has 0 spiro atoms. The number of carbonyl (C=O) groups is 1. The molecule has 0 bridgehead atoms. The number of nitrogens with one attached hydrogen (secondary N) is 2. The zero-order chi connectivity index (χ0) is 17.8. The van der Waals surface area contributed by atoms with Crippen LogP contribution in [0.2, 0.25) is 0 Å². The summed E-state index contributed by atoms with van der Waals surface area (Å²) in [5, 5.41) is 7.71. The number of amides is 1. The molecule has 1 aromatic carbocycles. The van der Waals surface area contributed by atoms with Crippen LogP contribution in [0.5, 0.6) is 0 Å². The third kappa shape index (κ3) is 3.13. The van der Waals surface area contributed by atoms with Gasteiger partial charge in [-0.3, -0.25) is 4.79 Å². The molecule has 132 valence electrons. The van der Waals surface area contributed by atoms with E-state index in [-0.39, 0.29) is 12.1 Å². The van der Waals surface area contributed by atoms with E-state index in [1.165, 1.54) is 16.9 Å². The average molecular weight is 419 g/mol. The second kappa shape index (κ2) is 6.13. The molecule has 3 nitrogen and oxygen atoms in total. The molecule has 1 aromatic heterocycles. The second-order valence-corrected chi connectivity index (χ2v) is 10.1. The number of hydrogen-bond donors (Lipinski definition) is 2. The molecule has 2 atom stereocenters. The third-order valence-corrected chi connectivity index (χ3v) is 7.13. The fraction of sp³-hybridized carbons (Fsp3) is 0.450. The van der Waals surface area contributed by atoms with E-state index in [1.54, 1.807) is 11.3 Å². The maximum absolute atomic E-state index is 12.8. The number of carbonyl (C=O) groups excluding carboxylic acids is 1. The first-order chi connectivity index (χ1) is 11.8. The zero-order valence-electron chi connectivity index (χ0n) is 14.8. The molecule has 2 heterocycles. The fourth-order valence-electron chi connectivity index (χ4n) is 3.89. The number of benzene rings is 1. The van der Waals surface area contributed by atoms with Crippen LogP contribution in [-0.2, 0) is 12.8 Å². The SMILES string of the molecule is CC(C)(C)[C@@H]1CCc2c(sc3c2C(=O)N[C@@H](c2cccc(Br)c2)N3)C1. The van der Waals surface area contributed by atoms with Crippen molar-refractivity contribution in [1.82, 2.24) is 5.32 Å². The van der Waals surface area contributed by atoms with E-state index in [0.29, 0.717) is 11.3 Å². The Bertz CT molecular complexity index is 837. The lowest BCUT2D eigenvalue weighted by molar-refractivity contribution is 0.0935.